The van der Waals surface area contributed by atoms with E-state index in [0.717, 1.165) is 18.8 Å². The fourth-order valence-corrected chi connectivity index (χ4v) is 1.74. The van der Waals surface area contributed by atoms with E-state index in [1.165, 1.54) is 6.42 Å². The first-order valence-corrected chi connectivity index (χ1v) is 5.73. The summed E-state index contributed by atoms with van der Waals surface area (Å²) >= 11 is 1.84. The molecule has 2 unspecified atom stereocenters. The summed E-state index contributed by atoms with van der Waals surface area (Å²) in [5.74, 6) is 1.14. The summed E-state index contributed by atoms with van der Waals surface area (Å²) in [6, 6.07) is 0. The predicted molar refractivity (Wildman–Crippen MR) is 56.8 cm³/mol. The number of hydrogen-bond acceptors (Lipinski definition) is 3. The number of nitrogens with one attached hydrogen (secondary N) is 1. The van der Waals surface area contributed by atoms with Gasteiger partial charge in [-0.15, -0.1) is 0 Å². The Balaban J connectivity index is 3.08. The summed E-state index contributed by atoms with van der Waals surface area (Å²) in [7, 11) is 0. The third-order valence-electron chi connectivity index (χ3n) is 1.81. The molecule has 12 heavy (non-hydrogen) atoms. The number of hydrogen-bond donors (Lipinski definition) is 2. The van der Waals surface area contributed by atoms with E-state index < -0.39 is 0 Å². The van der Waals surface area contributed by atoms with E-state index in [0.29, 0.717) is 5.25 Å². The van der Waals surface area contributed by atoms with Gasteiger partial charge in [0, 0.05) is 5.25 Å². The Hall–Kier alpha value is 0.270. The Morgan fingerprint density at radius 2 is 2.08 bits per heavy atom. The molecule has 0 spiro atoms. The van der Waals surface area contributed by atoms with Crippen LogP contribution in [0.5, 0.6) is 0 Å². The van der Waals surface area contributed by atoms with Crippen LogP contribution in [0.3, 0.4) is 0 Å². The molecule has 2 atom stereocenters. The third-order valence-corrected chi connectivity index (χ3v) is 3.25. The summed E-state index contributed by atoms with van der Waals surface area (Å²) in [4.78, 5) is 0. The second kappa shape index (κ2) is 7.90. The highest BCUT2D eigenvalue weighted by molar-refractivity contribution is 7.99. The van der Waals surface area contributed by atoms with Crippen LogP contribution in [0.25, 0.3) is 0 Å². The van der Waals surface area contributed by atoms with Crippen molar-refractivity contribution < 1.29 is 5.11 Å². The van der Waals surface area contributed by atoms with Crippen molar-refractivity contribution in [3.63, 3.8) is 0 Å². The predicted octanol–water partition coefficient (Wildman–Crippen LogP) is 1.49. The topological polar surface area (TPSA) is 32.3 Å². The molecule has 2 N–H and O–H groups in total. The van der Waals surface area contributed by atoms with Crippen molar-refractivity contribution in [3.8, 4) is 0 Å². The smallest absolute Gasteiger partial charge is 0.0627 e. The standard InChI is InChI=1S/C9H21NOS/c1-4-10-6-5-7-12-9(3)8(2)11/h8-11H,4-7H2,1-3H3. The van der Waals surface area contributed by atoms with Crippen molar-refractivity contribution in [1.29, 1.82) is 0 Å². The summed E-state index contributed by atoms with van der Waals surface area (Å²) in [5, 5.41) is 12.8. The summed E-state index contributed by atoms with van der Waals surface area (Å²) in [5.41, 5.74) is 0. The zero-order chi connectivity index (χ0) is 9.40. The molecule has 3 heteroatoms. The molecule has 0 rings (SSSR count). The maximum absolute atomic E-state index is 9.19. The van der Waals surface area contributed by atoms with Crippen LogP contribution in [0.15, 0.2) is 0 Å². The van der Waals surface area contributed by atoms with Gasteiger partial charge in [-0.25, -0.2) is 0 Å². The van der Waals surface area contributed by atoms with E-state index in [1.807, 2.05) is 18.7 Å². The Kier molecular flexibility index (Phi) is 8.07. The number of aliphatic hydroxyl groups is 1. The van der Waals surface area contributed by atoms with Crippen molar-refractivity contribution in [1.82, 2.24) is 5.32 Å². The zero-order valence-electron chi connectivity index (χ0n) is 8.34. The lowest BCUT2D eigenvalue weighted by molar-refractivity contribution is 0.196. The van der Waals surface area contributed by atoms with Crippen LogP contribution < -0.4 is 5.32 Å². The van der Waals surface area contributed by atoms with E-state index in [-0.39, 0.29) is 6.10 Å². The maximum Gasteiger partial charge on any atom is 0.0627 e. The minimum absolute atomic E-state index is 0.186. The summed E-state index contributed by atoms with van der Waals surface area (Å²) in [6.07, 6.45) is 1.00. The van der Waals surface area contributed by atoms with Crippen molar-refractivity contribution in [3.05, 3.63) is 0 Å². The molecule has 74 valence electrons. The third kappa shape index (κ3) is 6.95. The first-order valence-electron chi connectivity index (χ1n) is 4.68. The van der Waals surface area contributed by atoms with Gasteiger partial charge in [-0.1, -0.05) is 13.8 Å². The van der Waals surface area contributed by atoms with Gasteiger partial charge in [0.05, 0.1) is 6.10 Å². The monoisotopic (exact) mass is 191 g/mol. The van der Waals surface area contributed by atoms with Crippen LogP contribution in [0.4, 0.5) is 0 Å². The van der Waals surface area contributed by atoms with Crippen LogP contribution in [-0.4, -0.2) is 35.3 Å². The lowest BCUT2D eigenvalue weighted by Gasteiger charge is -2.13. The summed E-state index contributed by atoms with van der Waals surface area (Å²) < 4.78 is 0. The Morgan fingerprint density at radius 3 is 2.58 bits per heavy atom. The minimum atomic E-state index is -0.186. The first kappa shape index (κ1) is 12.3. The first-order chi connectivity index (χ1) is 5.68. The van der Waals surface area contributed by atoms with Crippen molar-refractivity contribution in [2.75, 3.05) is 18.8 Å². The van der Waals surface area contributed by atoms with Crippen LogP contribution in [0.1, 0.15) is 27.2 Å². The molecule has 0 saturated carbocycles. The van der Waals surface area contributed by atoms with E-state index >= 15 is 0 Å². The van der Waals surface area contributed by atoms with Crippen molar-refractivity contribution in [2.24, 2.45) is 0 Å². The molecule has 0 amide bonds. The molecule has 0 aliphatic carbocycles. The van der Waals surface area contributed by atoms with E-state index in [4.69, 9.17) is 0 Å². The highest BCUT2D eigenvalue weighted by Crippen LogP contribution is 2.14. The van der Waals surface area contributed by atoms with E-state index in [1.54, 1.807) is 0 Å². The van der Waals surface area contributed by atoms with E-state index in [2.05, 4.69) is 19.2 Å². The number of thioether (sulfide) groups is 1. The molecule has 0 aliphatic rings. The molecule has 0 heterocycles. The lowest BCUT2D eigenvalue weighted by atomic mass is 10.3. The highest BCUT2D eigenvalue weighted by atomic mass is 32.2. The Labute approximate surface area is 80.1 Å². The summed E-state index contributed by atoms with van der Waals surface area (Å²) in [6.45, 7) is 8.18. The van der Waals surface area contributed by atoms with Crippen LogP contribution >= 0.6 is 11.8 Å². The van der Waals surface area contributed by atoms with Gasteiger partial charge in [0.1, 0.15) is 0 Å². The van der Waals surface area contributed by atoms with Gasteiger partial charge >= 0.3 is 0 Å². The molecule has 0 fully saturated rings. The van der Waals surface area contributed by atoms with Gasteiger partial charge in [0.2, 0.25) is 0 Å². The second-order valence-electron chi connectivity index (χ2n) is 3.02. The fraction of sp³-hybridized carbons (Fsp3) is 1.00. The van der Waals surface area contributed by atoms with Gasteiger partial charge in [-0.3, -0.25) is 0 Å². The Bertz CT molecular complexity index is 98.5. The molecule has 0 aromatic carbocycles. The average molecular weight is 191 g/mol. The van der Waals surface area contributed by atoms with Crippen LogP contribution in [-0.2, 0) is 0 Å². The van der Waals surface area contributed by atoms with Crippen molar-refractivity contribution >= 4 is 11.8 Å². The van der Waals surface area contributed by atoms with Crippen molar-refractivity contribution in [2.45, 2.75) is 38.5 Å². The molecular weight excluding hydrogens is 170 g/mol. The molecule has 0 aromatic heterocycles. The van der Waals surface area contributed by atoms with E-state index in [9.17, 15) is 5.11 Å². The van der Waals surface area contributed by atoms with Gasteiger partial charge in [-0.05, 0) is 32.2 Å². The average Bonchev–Trinajstić information content (AvgIpc) is 2.03. The van der Waals surface area contributed by atoms with Gasteiger partial charge < -0.3 is 10.4 Å². The van der Waals surface area contributed by atoms with Crippen LogP contribution in [0, 0.1) is 0 Å². The number of rotatable bonds is 7. The second-order valence-corrected chi connectivity index (χ2v) is 4.51. The Morgan fingerprint density at radius 1 is 1.42 bits per heavy atom. The molecule has 0 bridgehead atoms. The zero-order valence-corrected chi connectivity index (χ0v) is 9.16. The molecule has 0 aliphatic heterocycles. The molecule has 2 nitrogen and oxygen atoms in total. The normalized spacial score (nSPS) is 16.0. The molecule has 0 aromatic rings. The largest absolute Gasteiger partial charge is 0.392 e. The maximum atomic E-state index is 9.19. The van der Waals surface area contributed by atoms with Crippen LogP contribution in [0.2, 0.25) is 0 Å². The fourth-order valence-electron chi connectivity index (χ4n) is 0.782. The van der Waals surface area contributed by atoms with Gasteiger partial charge in [-0.2, -0.15) is 11.8 Å². The quantitative estimate of drug-likeness (QED) is 0.598. The van der Waals surface area contributed by atoms with Gasteiger partial charge in [0.15, 0.2) is 0 Å². The SMILES string of the molecule is CCNCCCSC(C)C(C)O. The highest BCUT2D eigenvalue weighted by Gasteiger charge is 2.07. The minimum Gasteiger partial charge on any atom is -0.392 e. The molecule has 0 radical (unpaired) electrons. The number of aliphatic hydroxyl groups excluding tert-OH is 1. The van der Waals surface area contributed by atoms with Gasteiger partial charge in [0.25, 0.3) is 0 Å². The molecule has 0 saturated heterocycles. The lowest BCUT2D eigenvalue weighted by Crippen LogP contribution is -2.18. The molecular formula is C9H21NOS.